The summed E-state index contributed by atoms with van der Waals surface area (Å²) >= 11 is 1.05. The molecule has 1 amide bonds. The van der Waals surface area contributed by atoms with Crippen molar-refractivity contribution in [3.63, 3.8) is 0 Å². The van der Waals surface area contributed by atoms with Crippen LogP contribution in [-0.2, 0) is 4.79 Å². The molecule has 19 heavy (non-hydrogen) atoms. The van der Waals surface area contributed by atoms with E-state index >= 15 is 0 Å². The number of carbonyl (C=O) groups excluding carboxylic acids is 1. The maximum absolute atomic E-state index is 12.9. The van der Waals surface area contributed by atoms with Crippen LogP contribution in [0.3, 0.4) is 0 Å². The third-order valence-corrected chi connectivity index (χ3v) is 3.26. The largest absolute Gasteiger partial charge is 0.393 e. The van der Waals surface area contributed by atoms with Gasteiger partial charge in [0.1, 0.15) is 5.60 Å². The van der Waals surface area contributed by atoms with Crippen molar-refractivity contribution < 1.29 is 23.8 Å². The van der Waals surface area contributed by atoms with E-state index in [0.717, 1.165) is 23.9 Å². The number of hydrogen-bond acceptors (Lipinski definition) is 4. The number of halogens is 2. The van der Waals surface area contributed by atoms with E-state index in [9.17, 15) is 18.7 Å². The van der Waals surface area contributed by atoms with Gasteiger partial charge in [-0.2, -0.15) is 0 Å². The minimum Gasteiger partial charge on any atom is -0.393 e. The molecule has 1 rings (SSSR count). The molecule has 0 saturated carbocycles. The Hall–Kier alpha value is -1.18. The summed E-state index contributed by atoms with van der Waals surface area (Å²) in [6, 6.07) is 3.38. The number of rotatable bonds is 6. The molecule has 0 saturated heterocycles. The van der Waals surface area contributed by atoms with Crippen molar-refractivity contribution in [1.82, 2.24) is 5.32 Å². The van der Waals surface area contributed by atoms with E-state index < -0.39 is 23.8 Å². The van der Waals surface area contributed by atoms with Crippen molar-refractivity contribution in [2.75, 3.05) is 18.9 Å². The molecule has 0 spiro atoms. The molecule has 0 heterocycles. The first-order chi connectivity index (χ1) is 8.84. The fourth-order valence-corrected chi connectivity index (χ4v) is 1.86. The van der Waals surface area contributed by atoms with E-state index in [0.29, 0.717) is 4.90 Å². The van der Waals surface area contributed by atoms with Gasteiger partial charge in [-0.15, -0.1) is 11.8 Å². The Bertz CT molecular complexity index is 455. The number of amides is 1. The lowest BCUT2D eigenvalue weighted by molar-refractivity contribution is -0.120. The predicted octanol–water partition coefficient (Wildman–Crippen LogP) is 0.916. The number of aliphatic hydroxyl groups is 2. The van der Waals surface area contributed by atoms with Crippen LogP contribution in [0, 0.1) is 11.6 Å². The van der Waals surface area contributed by atoms with Gasteiger partial charge >= 0.3 is 0 Å². The second-order valence-electron chi connectivity index (χ2n) is 4.30. The number of aliphatic hydroxyl groups excluding tert-OH is 1. The molecule has 106 valence electrons. The van der Waals surface area contributed by atoms with Gasteiger partial charge in [-0.25, -0.2) is 8.78 Å². The minimum atomic E-state index is -1.37. The predicted molar refractivity (Wildman–Crippen MR) is 67.8 cm³/mol. The van der Waals surface area contributed by atoms with E-state index in [4.69, 9.17) is 5.11 Å². The van der Waals surface area contributed by atoms with Crippen molar-refractivity contribution >= 4 is 17.7 Å². The topological polar surface area (TPSA) is 69.6 Å². The molecule has 1 aromatic carbocycles. The number of benzene rings is 1. The van der Waals surface area contributed by atoms with Crippen LogP contribution in [0.2, 0.25) is 0 Å². The van der Waals surface area contributed by atoms with Gasteiger partial charge in [0, 0.05) is 11.4 Å². The maximum Gasteiger partial charge on any atom is 0.230 e. The average Bonchev–Trinajstić information content (AvgIpc) is 2.38. The molecule has 0 aliphatic heterocycles. The van der Waals surface area contributed by atoms with Crippen LogP contribution in [0.4, 0.5) is 8.78 Å². The molecule has 0 aromatic heterocycles. The van der Waals surface area contributed by atoms with Crippen LogP contribution < -0.4 is 5.32 Å². The summed E-state index contributed by atoms with van der Waals surface area (Å²) in [5, 5.41) is 20.7. The SMILES string of the molecule is CC(O)(CO)CNC(=O)CSc1ccc(F)c(F)c1. The summed E-state index contributed by atoms with van der Waals surface area (Å²) in [5.74, 6) is -2.27. The van der Waals surface area contributed by atoms with Gasteiger partial charge in [0.15, 0.2) is 11.6 Å². The van der Waals surface area contributed by atoms with Gasteiger partial charge in [-0.1, -0.05) is 0 Å². The summed E-state index contributed by atoms with van der Waals surface area (Å²) < 4.78 is 25.6. The fraction of sp³-hybridized carbons (Fsp3) is 0.417. The highest BCUT2D eigenvalue weighted by molar-refractivity contribution is 8.00. The molecule has 3 N–H and O–H groups in total. The molecule has 0 aliphatic carbocycles. The third-order valence-electron chi connectivity index (χ3n) is 2.27. The van der Waals surface area contributed by atoms with Gasteiger partial charge in [0.05, 0.1) is 12.4 Å². The van der Waals surface area contributed by atoms with Gasteiger partial charge in [0.25, 0.3) is 0 Å². The van der Waals surface area contributed by atoms with Crippen LogP contribution in [0.25, 0.3) is 0 Å². The molecule has 0 fully saturated rings. The van der Waals surface area contributed by atoms with E-state index in [-0.39, 0.29) is 18.2 Å². The molecule has 1 aromatic rings. The minimum absolute atomic E-state index is 0.00653. The van der Waals surface area contributed by atoms with E-state index in [1.807, 2.05) is 0 Å². The summed E-state index contributed by atoms with van der Waals surface area (Å²) in [5.41, 5.74) is -1.37. The first-order valence-electron chi connectivity index (χ1n) is 5.52. The standard InChI is InChI=1S/C12H15F2NO3S/c1-12(18,7-16)6-15-11(17)5-19-8-2-3-9(13)10(14)4-8/h2-4,16,18H,5-7H2,1H3,(H,15,17). The second kappa shape index (κ2) is 6.83. The normalized spacial score (nSPS) is 13.9. The van der Waals surface area contributed by atoms with Crippen molar-refractivity contribution in [2.24, 2.45) is 0 Å². The molecule has 1 unspecified atom stereocenters. The molecule has 0 bridgehead atoms. The van der Waals surface area contributed by atoms with Gasteiger partial charge in [-0.05, 0) is 25.1 Å². The lowest BCUT2D eigenvalue weighted by Crippen LogP contribution is -2.43. The Kier molecular flexibility index (Phi) is 5.71. The van der Waals surface area contributed by atoms with Crippen LogP contribution in [-0.4, -0.2) is 40.6 Å². The third kappa shape index (κ3) is 5.54. The maximum atomic E-state index is 12.9. The summed E-state index contributed by atoms with van der Waals surface area (Å²) in [6.45, 7) is 0.833. The number of thioether (sulfide) groups is 1. The second-order valence-corrected chi connectivity index (χ2v) is 5.35. The van der Waals surface area contributed by atoms with E-state index in [2.05, 4.69) is 5.32 Å². The Balaban J connectivity index is 2.40. The summed E-state index contributed by atoms with van der Waals surface area (Å²) in [7, 11) is 0. The molecular formula is C12H15F2NO3S. The highest BCUT2D eigenvalue weighted by atomic mass is 32.2. The number of carbonyl (C=O) groups is 1. The highest BCUT2D eigenvalue weighted by Gasteiger charge is 2.19. The van der Waals surface area contributed by atoms with Crippen LogP contribution >= 0.6 is 11.8 Å². The first-order valence-corrected chi connectivity index (χ1v) is 6.50. The zero-order valence-corrected chi connectivity index (χ0v) is 11.1. The van der Waals surface area contributed by atoms with E-state index in [1.165, 1.54) is 13.0 Å². The van der Waals surface area contributed by atoms with Gasteiger partial charge in [-0.3, -0.25) is 4.79 Å². The van der Waals surface area contributed by atoms with Crippen LogP contribution in [0.5, 0.6) is 0 Å². The van der Waals surface area contributed by atoms with Crippen molar-refractivity contribution in [1.29, 1.82) is 0 Å². The fourth-order valence-electron chi connectivity index (χ4n) is 1.11. The molecular weight excluding hydrogens is 276 g/mol. The zero-order valence-electron chi connectivity index (χ0n) is 10.3. The lowest BCUT2D eigenvalue weighted by Gasteiger charge is -2.20. The summed E-state index contributed by atoms with van der Waals surface area (Å²) in [6.07, 6.45) is 0. The van der Waals surface area contributed by atoms with Gasteiger partial charge in [0.2, 0.25) is 5.91 Å². The number of hydrogen-bond donors (Lipinski definition) is 3. The smallest absolute Gasteiger partial charge is 0.230 e. The Morgan fingerprint density at radius 1 is 1.42 bits per heavy atom. The van der Waals surface area contributed by atoms with Crippen LogP contribution in [0.1, 0.15) is 6.92 Å². The Morgan fingerprint density at radius 3 is 2.68 bits per heavy atom. The summed E-state index contributed by atoms with van der Waals surface area (Å²) in [4.78, 5) is 11.9. The molecule has 0 aliphatic rings. The highest BCUT2D eigenvalue weighted by Crippen LogP contribution is 2.20. The van der Waals surface area contributed by atoms with Crippen LogP contribution in [0.15, 0.2) is 23.1 Å². The molecule has 4 nitrogen and oxygen atoms in total. The van der Waals surface area contributed by atoms with Gasteiger partial charge < -0.3 is 15.5 Å². The molecule has 0 radical (unpaired) electrons. The monoisotopic (exact) mass is 291 g/mol. The van der Waals surface area contributed by atoms with E-state index in [1.54, 1.807) is 0 Å². The molecule has 1 atom stereocenters. The van der Waals surface area contributed by atoms with Crippen molar-refractivity contribution in [3.05, 3.63) is 29.8 Å². The molecule has 7 heteroatoms. The lowest BCUT2D eigenvalue weighted by atomic mass is 10.1. The Labute approximate surface area is 113 Å². The quantitative estimate of drug-likeness (QED) is 0.682. The first kappa shape index (κ1) is 15.9. The average molecular weight is 291 g/mol. The Morgan fingerprint density at radius 2 is 2.11 bits per heavy atom. The van der Waals surface area contributed by atoms with Crippen molar-refractivity contribution in [2.45, 2.75) is 17.4 Å². The zero-order chi connectivity index (χ0) is 14.5. The van der Waals surface area contributed by atoms with Crippen molar-refractivity contribution in [3.8, 4) is 0 Å². The number of nitrogens with one attached hydrogen (secondary N) is 1.